The van der Waals surface area contributed by atoms with Crippen LogP contribution in [0.15, 0.2) is 48.5 Å². The Morgan fingerprint density at radius 1 is 1.00 bits per heavy atom. The molecule has 2 amide bonds. The summed E-state index contributed by atoms with van der Waals surface area (Å²) >= 11 is 6.90. The Labute approximate surface area is 200 Å². The quantitative estimate of drug-likeness (QED) is 0.420. The summed E-state index contributed by atoms with van der Waals surface area (Å²) in [5.41, 5.74) is 1.92. The maximum Gasteiger partial charge on any atom is 0.341 e. The number of carbonyl (C=O) groups is 3. The molecule has 0 saturated heterocycles. The number of rotatable bonds is 8. The molecule has 3 rings (SSSR count). The Morgan fingerprint density at radius 3 is 2.27 bits per heavy atom. The van der Waals surface area contributed by atoms with Crippen molar-refractivity contribution in [3.05, 3.63) is 75.1 Å². The van der Waals surface area contributed by atoms with Gasteiger partial charge in [-0.3, -0.25) is 9.59 Å². The minimum atomic E-state index is -0.634. The second kappa shape index (κ2) is 11.0. The fraction of sp³-hybridized carbons (Fsp3) is 0.208. The standard InChI is InChI=1S/C24H23ClN2O5S/c1-4-32-18-11-9-17(10-12-18)26-22(29)21-14(2)20(24(30)31-3)23(33-21)27-19(28)13-15-5-7-16(25)8-6-15/h5-12H,4,13H2,1-3H3,(H,26,29)(H,27,28). The first-order valence-electron chi connectivity index (χ1n) is 10.1. The van der Waals surface area contributed by atoms with Gasteiger partial charge in [0, 0.05) is 10.7 Å². The van der Waals surface area contributed by atoms with Crippen LogP contribution in [0.25, 0.3) is 0 Å². The Kier molecular flexibility index (Phi) is 8.08. The summed E-state index contributed by atoms with van der Waals surface area (Å²) in [6.07, 6.45) is 0.0858. The number of halogens is 1. The van der Waals surface area contributed by atoms with E-state index in [0.29, 0.717) is 33.5 Å². The molecule has 0 spiro atoms. The lowest BCUT2D eigenvalue weighted by Gasteiger charge is -2.07. The molecule has 0 unspecified atom stereocenters. The van der Waals surface area contributed by atoms with Crippen molar-refractivity contribution in [2.75, 3.05) is 24.4 Å². The van der Waals surface area contributed by atoms with Crippen LogP contribution in [0.1, 0.15) is 38.1 Å². The van der Waals surface area contributed by atoms with Gasteiger partial charge in [0.15, 0.2) is 0 Å². The minimum absolute atomic E-state index is 0.0858. The fourth-order valence-electron chi connectivity index (χ4n) is 3.11. The van der Waals surface area contributed by atoms with Crippen LogP contribution in [0.3, 0.4) is 0 Å². The van der Waals surface area contributed by atoms with Crippen LogP contribution in [-0.2, 0) is 16.0 Å². The van der Waals surface area contributed by atoms with E-state index in [1.807, 2.05) is 6.92 Å². The van der Waals surface area contributed by atoms with Gasteiger partial charge in [-0.05, 0) is 61.4 Å². The van der Waals surface area contributed by atoms with Gasteiger partial charge in [0.1, 0.15) is 10.8 Å². The molecular formula is C24H23ClN2O5S. The number of anilines is 2. The lowest BCUT2D eigenvalue weighted by Crippen LogP contribution is -2.16. The Hall–Kier alpha value is -3.36. The molecule has 0 aliphatic rings. The molecule has 2 aromatic carbocycles. The molecule has 0 aliphatic heterocycles. The molecule has 0 aliphatic carbocycles. The molecule has 1 heterocycles. The summed E-state index contributed by atoms with van der Waals surface area (Å²) in [6.45, 7) is 4.08. The number of esters is 1. The van der Waals surface area contributed by atoms with Crippen LogP contribution in [0.5, 0.6) is 5.75 Å². The highest BCUT2D eigenvalue weighted by Crippen LogP contribution is 2.34. The van der Waals surface area contributed by atoms with E-state index in [-0.39, 0.29) is 22.9 Å². The number of hydrogen-bond donors (Lipinski definition) is 2. The van der Waals surface area contributed by atoms with Crippen LogP contribution in [0.2, 0.25) is 5.02 Å². The second-order valence-corrected chi connectivity index (χ2v) is 8.47. The van der Waals surface area contributed by atoms with E-state index in [9.17, 15) is 14.4 Å². The molecule has 0 fully saturated rings. The summed E-state index contributed by atoms with van der Waals surface area (Å²) in [4.78, 5) is 38.2. The van der Waals surface area contributed by atoms with E-state index in [4.69, 9.17) is 21.1 Å². The monoisotopic (exact) mass is 486 g/mol. The van der Waals surface area contributed by atoms with Crippen LogP contribution < -0.4 is 15.4 Å². The first kappa shape index (κ1) is 24.3. The van der Waals surface area contributed by atoms with Crippen molar-refractivity contribution < 1.29 is 23.9 Å². The highest BCUT2D eigenvalue weighted by atomic mass is 35.5. The van der Waals surface area contributed by atoms with E-state index in [1.54, 1.807) is 55.5 Å². The number of benzene rings is 2. The van der Waals surface area contributed by atoms with Crippen molar-refractivity contribution in [1.82, 2.24) is 0 Å². The van der Waals surface area contributed by atoms with Crippen molar-refractivity contribution in [1.29, 1.82) is 0 Å². The SMILES string of the molecule is CCOc1ccc(NC(=O)c2sc(NC(=O)Cc3ccc(Cl)cc3)c(C(=O)OC)c2C)cc1. The normalized spacial score (nSPS) is 10.4. The topological polar surface area (TPSA) is 93.7 Å². The van der Waals surface area contributed by atoms with E-state index < -0.39 is 11.9 Å². The Bertz CT molecular complexity index is 1160. The number of hydrogen-bond acceptors (Lipinski definition) is 6. The molecule has 33 heavy (non-hydrogen) atoms. The third-order valence-corrected chi connectivity index (χ3v) is 6.15. The summed E-state index contributed by atoms with van der Waals surface area (Å²) < 4.78 is 10.3. The number of nitrogens with one attached hydrogen (secondary N) is 2. The summed E-state index contributed by atoms with van der Waals surface area (Å²) in [7, 11) is 1.25. The maximum atomic E-state index is 12.9. The van der Waals surface area contributed by atoms with Gasteiger partial charge in [0.05, 0.1) is 30.6 Å². The van der Waals surface area contributed by atoms with Gasteiger partial charge in [0.25, 0.3) is 5.91 Å². The van der Waals surface area contributed by atoms with Gasteiger partial charge in [-0.15, -0.1) is 11.3 Å². The van der Waals surface area contributed by atoms with E-state index in [0.717, 1.165) is 16.9 Å². The lowest BCUT2D eigenvalue weighted by atomic mass is 10.1. The Morgan fingerprint density at radius 2 is 1.67 bits per heavy atom. The van der Waals surface area contributed by atoms with Crippen molar-refractivity contribution in [3.8, 4) is 5.75 Å². The molecule has 2 N–H and O–H groups in total. The molecule has 172 valence electrons. The lowest BCUT2D eigenvalue weighted by molar-refractivity contribution is -0.115. The van der Waals surface area contributed by atoms with Crippen LogP contribution >= 0.6 is 22.9 Å². The first-order valence-corrected chi connectivity index (χ1v) is 11.3. The molecule has 0 radical (unpaired) electrons. The average Bonchev–Trinajstić information content (AvgIpc) is 3.12. The fourth-order valence-corrected chi connectivity index (χ4v) is 4.35. The zero-order chi connectivity index (χ0) is 24.0. The second-order valence-electron chi connectivity index (χ2n) is 7.01. The van der Waals surface area contributed by atoms with Crippen molar-refractivity contribution in [2.45, 2.75) is 20.3 Å². The van der Waals surface area contributed by atoms with Crippen molar-refractivity contribution in [3.63, 3.8) is 0 Å². The van der Waals surface area contributed by atoms with Gasteiger partial charge < -0.3 is 20.1 Å². The van der Waals surface area contributed by atoms with E-state index >= 15 is 0 Å². The zero-order valence-corrected chi connectivity index (χ0v) is 19.9. The molecule has 0 atom stereocenters. The number of amides is 2. The third kappa shape index (κ3) is 6.12. The van der Waals surface area contributed by atoms with Crippen LogP contribution in [-0.4, -0.2) is 31.5 Å². The maximum absolute atomic E-state index is 12.9. The predicted molar refractivity (Wildman–Crippen MR) is 130 cm³/mol. The zero-order valence-electron chi connectivity index (χ0n) is 18.4. The summed E-state index contributed by atoms with van der Waals surface area (Å²) in [5.74, 6) is -0.667. The number of carbonyl (C=O) groups excluding carboxylic acids is 3. The average molecular weight is 487 g/mol. The van der Waals surface area contributed by atoms with Crippen LogP contribution in [0, 0.1) is 6.92 Å². The molecule has 0 bridgehead atoms. The largest absolute Gasteiger partial charge is 0.494 e. The molecule has 3 aromatic rings. The number of thiophene rings is 1. The first-order chi connectivity index (χ1) is 15.8. The van der Waals surface area contributed by atoms with Gasteiger partial charge >= 0.3 is 5.97 Å². The molecular weight excluding hydrogens is 464 g/mol. The van der Waals surface area contributed by atoms with Crippen molar-refractivity contribution >= 4 is 51.4 Å². The highest BCUT2D eigenvalue weighted by molar-refractivity contribution is 7.18. The van der Waals surface area contributed by atoms with Gasteiger partial charge in [0.2, 0.25) is 5.91 Å². The smallest absolute Gasteiger partial charge is 0.341 e. The number of methoxy groups -OCH3 is 1. The van der Waals surface area contributed by atoms with Gasteiger partial charge in [-0.1, -0.05) is 23.7 Å². The van der Waals surface area contributed by atoms with E-state index in [1.165, 1.54) is 7.11 Å². The van der Waals surface area contributed by atoms with E-state index in [2.05, 4.69) is 10.6 Å². The van der Waals surface area contributed by atoms with Gasteiger partial charge in [-0.2, -0.15) is 0 Å². The third-order valence-electron chi connectivity index (χ3n) is 4.70. The molecule has 9 heteroatoms. The highest BCUT2D eigenvalue weighted by Gasteiger charge is 2.26. The summed E-state index contributed by atoms with van der Waals surface area (Å²) in [5, 5.41) is 6.38. The van der Waals surface area contributed by atoms with Crippen molar-refractivity contribution in [2.24, 2.45) is 0 Å². The Balaban J connectivity index is 1.81. The predicted octanol–water partition coefficient (Wildman–Crippen LogP) is 5.33. The minimum Gasteiger partial charge on any atom is -0.494 e. The number of ether oxygens (including phenoxy) is 2. The summed E-state index contributed by atoms with van der Waals surface area (Å²) in [6, 6.07) is 13.8. The van der Waals surface area contributed by atoms with Gasteiger partial charge in [-0.25, -0.2) is 4.79 Å². The molecule has 7 nitrogen and oxygen atoms in total. The van der Waals surface area contributed by atoms with Crippen LogP contribution in [0.4, 0.5) is 10.7 Å². The molecule has 1 aromatic heterocycles. The molecule has 0 saturated carbocycles.